The molecule has 1 saturated heterocycles. The van der Waals surface area contributed by atoms with Crippen LogP contribution in [0.2, 0.25) is 0 Å². The third-order valence-electron chi connectivity index (χ3n) is 6.41. The molecule has 206 valence electrons. The highest BCUT2D eigenvalue weighted by molar-refractivity contribution is 7.41. The Morgan fingerprint density at radius 3 is 1.94 bits per heavy atom. The molecule has 0 aromatic heterocycles. The first-order chi connectivity index (χ1) is 17.2. The van der Waals surface area contributed by atoms with Gasteiger partial charge in [-0.1, -0.05) is 116 Å². The number of aliphatic hydroxyl groups excluding tert-OH is 1. The van der Waals surface area contributed by atoms with E-state index in [2.05, 4.69) is 19.2 Å². The van der Waals surface area contributed by atoms with Crippen LogP contribution in [0.25, 0.3) is 0 Å². The molecule has 1 aliphatic heterocycles. The largest absolute Gasteiger partial charge is 0.387 e. The zero-order valence-electron chi connectivity index (χ0n) is 22.7. The molecule has 0 aromatic rings. The van der Waals surface area contributed by atoms with Crippen molar-refractivity contribution in [2.45, 2.75) is 142 Å². The fourth-order valence-electron chi connectivity index (χ4n) is 4.17. The van der Waals surface area contributed by atoms with Gasteiger partial charge in [0.25, 0.3) is 0 Å². The van der Waals surface area contributed by atoms with Crippen molar-refractivity contribution < 1.29 is 23.5 Å². The number of nitrogens with one attached hydrogen (secondary N) is 1. The number of hydrogen-bond acceptors (Lipinski definition) is 5. The van der Waals surface area contributed by atoms with E-state index >= 15 is 0 Å². The lowest BCUT2D eigenvalue weighted by molar-refractivity contribution is -0.122. The molecule has 1 rings (SSSR count). The number of allylic oxidation sites excluding steroid dienone is 1. The summed E-state index contributed by atoms with van der Waals surface area (Å²) in [5, 5.41) is 13.7. The number of amides is 1. The number of rotatable bonds is 24. The van der Waals surface area contributed by atoms with E-state index < -0.39 is 20.7 Å². The van der Waals surface area contributed by atoms with E-state index in [-0.39, 0.29) is 12.5 Å². The predicted molar refractivity (Wildman–Crippen MR) is 146 cm³/mol. The van der Waals surface area contributed by atoms with Gasteiger partial charge in [-0.3, -0.25) is 4.79 Å². The molecule has 1 heterocycles. The summed E-state index contributed by atoms with van der Waals surface area (Å²) in [6.07, 6.45) is 24.6. The van der Waals surface area contributed by atoms with Gasteiger partial charge in [-0.2, -0.15) is 0 Å². The smallest absolute Gasteiger partial charge is 0.332 e. The van der Waals surface area contributed by atoms with Crippen LogP contribution in [0, 0.1) is 0 Å². The van der Waals surface area contributed by atoms with Crippen LogP contribution < -0.4 is 5.32 Å². The van der Waals surface area contributed by atoms with Gasteiger partial charge in [-0.25, -0.2) is 0 Å². The second-order valence-corrected chi connectivity index (χ2v) is 11.0. The van der Waals surface area contributed by atoms with Crippen molar-refractivity contribution in [1.29, 1.82) is 0 Å². The monoisotopic (exact) mass is 515 g/mol. The number of unbranched alkanes of at least 4 members (excludes halogenated alkanes) is 15. The standard InChI is InChI=1S/C28H54NO5P/c1-3-5-7-9-10-11-12-13-14-15-16-18-19-21-27(30)26(25-34-35-32-23-24-33-35)29-28(31)22-20-17-8-6-4-2/h19,21,26-27,30H,3-18,20,22-25H2,1-2H3,(H,29,31)/b21-19+/t26-,27+/m0/s1. The molecule has 0 saturated carbocycles. The molecule has 0 bridgehead atoms. The molecule has 7 heteroatoms. The Morgan fingerprint density at radius 1 is 0.857 bits per heavy atom. The van der Waals surface area contributed by atoms with E-state index in [1.165, 1.54) is 83.5 Å². The number of aliphatic hydroxyl groups is 1. The highest BCUT2D eigenvalue weighted by Gasteiger charge is 2.25. The SMILES string of the molecule is CCCCCCCCCCCCC/C=C/[C@@H](O)[C@H](COP1OCCO1)NC(=O)CCCCCCC. The summed E-state index contributed by atoms with van der Waals surface area (Å²) >= 11 is 0. The Bertz CT molecular complexity index is 514. The Balaban J connectivity index is 2.22. The Kier molecular flexibility index (Phi) is 22.2. The minimum absolute atomic E-state index is 0.0334. The average Bonchev–Trinajstić information content (AvgIpc) is 3.38. The first kappa shape index (κ1) is 32.5. The second-order valence-electron chi connectivity index (χ2n) is 9.77. The molecule has 1 amide bonds. The van der Waals surface area contributed by atoms with Gasteiger partial charge in [0.2, 0.25) is 5.91 Å². The van der Waals surface area contributed by atoms with E-state index in [9.17, 15) is 9.90 Å². The zero-order chi connectivity index (χ0) is 25.4. The fourth-order valence-corrected chi connectivity index (χ4v) is 5.12. The fraction of sp³-hybridized carbons (Fsp3) is 0.893. The lowest BCUT2D eigenvalue weighted by Crippen LogP contribution is -2.45. The molecule has 1 aliphatic rings. The van der Waals surface area contributed by atoms with Crippen molar-refractivity contribution in [2.75, 3.05) is 19.8 Å². The molecule has 0 radical (unpaired) electrons. The zero-order valence-corrected chi connectivity index (χ0v) is 23.6. The van der Waals surface area contributed by atoms with Gasteiger partial charge < -0.3 is 24.0 Å². The average molecular weight is 516 g/mol. The Labute approximate surface area is 217 Å². The van der Waals surface area contributed by atoms with Crippen LogP contribution >= 0.6 is 8.60 Å². The number of hydrogen-bond donors (Lipinski definition) is 2. The molecular formula is C28H54NO5P. The van der Waals surface area contributed by atoms with Gasteiger partial charge >= 0.3 is 8.60 Å². The first-order valence-corrected chi connectivity index (χ1v) is 15.6. The Hall–Kier alpha value is -0.520. The molecular weight excluding hydrogens is 461 g/mol. The van der Waals surface area contributed by atoms with Crippen LogP contribution in [0.1, 0.15) is 129 Å². The van der Waals surface area contributed by atoms with E-state index in [1.54, 1.807) is 6.08 Å². The molecule has 35 heavy (non-hydrogen) atoms. The summed E-state index contributed by atoms with van der Waals surface area (Å²) in [5.41, 5.74) is 0. The van der Waals surface area contributed by atoms with Gasteiger partial charge in [-0.15, -0.1) is 0 Å². The maximum atomic E-state index is 12.4. The molecule has 0 spiro atoms. The van der Waals surface area contributed by atoms with E-state index in [0.29, 0.717) is 19.6 Å². The highest BCUT2D eigenvalue weighted by Crippen LogP contribution is 2.43. The summed E-state index contributed by atoms with van der Waals surface area (Å²) in [5.74, 6) is -0.0334. The quantitative estimate of drug-likeness (QED) is 0.0781. The van der Waals surface area contributed by atoms with Crippen molar-refractivity contribution in [3.05, 3.63) is 12.2 Å². The van der Waals surface area contributed by atoms with Crippen LogP contribution in [-0.4, -0.2) is 43.0 Å². The normalized spacial score (nSPS) is 16.2. The summed E-state index contributed by atoms with van der Waals surface area (Å²) < 4.78 is 16.4. The van der Waals surface area contributed by atoms with Crippen LogP contribution in [0.3, 0.4) is 0 Å². The predicted octanol–water partition coefficient (Wildman–Crippen LogP) is 7.74. The van der Waals surface area contributed by atoms with Gasteiger partial charge in [-0.05, 0) is 19.3 Å². The second kappa shape index (κ2) is 23.9. The third kappa shape index (κ3) is 19.3. The van der Waals surface area contributed by atoms with Crippen molar-refractivity contribution in [3.8, 4) is 0 Å². The van der Waals surface area contributed by atoms with Crippen molar-refractivity contribution in [2.24, 2.45) is 0 Å². The Morgan fingerprint density at radius 2 is 1.37 bits per heavy atom. The lowest BCUT2D eigenvalue weighted by Gasteiger charge is -2.23. The molecule has 0 unspecified atom stereocenters. The summed E-state index contributed by atoms with van der Waals surface area (Å²) in [7, 11) is -1.36. The van der Waals surface area contributed by atoms with Gasteiger partial charge in [0.15, 0.2) is 0 Å². The minimum Gasteiger partial charge on any atom is -0.387 e. The van der Waals surface area contributed by atoms with Crippen molar-refractivity contribution >= 4 is 14.5 Å². The maximum Gasteiger partial charge on any atom is 0.332 e. The maximum absolute atomic E-state index is 12.4. The van der Waals surface area contributed by atoms with Gasteiger partial charge in [0.05, 0.1) is 32.0 Å². The number of carbonyl (C=O) groups is 1. The van der Waals surface area contributed by atoms with E-state index in [1.807, 2.05) is 6.08 Å². The molecule has 6 nitrogen and oxygen atoms in total. The van der Waals surface area contributed by atoms with Crippen molar-refractivity contribution in [3.63, 3.8) is 0 Å². The summed E-state index contributed by atoms with van der Waals surface area (Å²) in [6.45, 7) is 5.68. The first-order valence-electron chi connectivity index (χ1n) is 14.5. The van der Waals surface area contributed by atoms with E-state index in [0.717, 1.165) is 25.7 Å². The van der Waals surface area contributed by atoms with Crippen LogP contribution in [-0.2, 0) is 18.4 Å². The van der Waals surface area contributed by atoms with Gasteiger partial charge in [0, 0.05) is 6.42 Å². The van der Waals surface area contributed by atoms with Gasteiger partial charge in [0.1, 0.15) is 0 Å². The topological polar surface area (TPSA) is 77.0 Å². The minimum atomic E-state index is -1.36. The molecule has 0 aromatic carbocycles. The van der Waals surface area contributed by atoms with Crippen LogP contribution in [0.4, 0.5) is 0 Å². The molecule has 2 atom stereocenters. The summed E-state index contributed by atoms with van der Waals surface area (Å²) in [4.78, 5) is 12.4. The molecule has 1 fully saturated rings. The number of carbonyl (C=O) groups excluding carboxylic acids is 1. The third-order valence-corrected chi connectivity index (χ3v) is 7.56. The highest BCUT2D eigenvalue weighted by atomic mass is 31.2. The van der Waals surface area contributed by atoms with E-state index in [4.69, 9.17) is 13.6 Å². The van der Waals surface area contributed by atoms with Crippen LogP contribution in [0.5, 0.6) is 0 Å². The lowest BCUT2D eigenvalue weighted by atomic mass is 10.0. The van der Waals surface area contributed by atoms with Crippen LogP contribution in [0.15, 0.2) is 12.2 Å². The van der Waals surface area contributed by atoms with Crippen molar-refractivity contribution in [1.82, 2.24) is 5.32 Å². The summed E-state index contributed by atoms with van der Waals surface area (Å²) in [6, 6.07) is -0.498. The molecule has 2 N–H and O–H groups in total. The molecule has 0 aliphatic carbocycles.